The minimum atomic E-state index is -3.16. The van der Waals surface area contributed by atoms with Gasteiger partial charge in [-0.15, -0.1) is 0 Å². The summed E-state index contributed by atoms with van der Waals surface area (Å²) in [5, 5.41) is 2.82. The van der Waals surface area contributed by atoms with Crippen molar-refractivity contribution in [2.24, 2.45) is 0 Å². The maximum Gasteiger partial charge on any atom is 0.251 e. The van der Waals surface area contributed by atoms with Crippen molar-refractivity contribution >= 4 is 15.9 Å². The third-order valence-corrected chi connectivity index (χ3v) is 6.36. The lowest BCUT2D eigenvalue weighted by Crippen LogP contribution is -2.32. The first-order valence-electron chi connectivity index (χ1n) is 8.91. The van der Waals surface area contributed by atoms with Gasteiger partial charge >= 0.3 is 0 Å². The lowest BCUT2D eigenvalue weighted by atomic mass is 10.2. The van der Waals surface area contributed by atoms with Crippen LogP contribution >= 0.6 is 0 Å². The Balaban J connectivity index is 1.73. The fraction of sp³-hybridized carbons (Fsp3) is 0.611. The maximum atomic E-state index is 12.1. The summed E-state index contributed by atoms with van der Waals surface area (Å²) in [5.41, 5.74) is 0.577. The van der Waals surface area contributed by atoms with Gasteiger partial charge in [-0.25, -0.2) is 12.7 Å². The summed E-state index contributed by atoms with van der Waals surface area (Å²) in [6.07, 6.45) is 5.52. The van der Waals surface area contributed by atoms with Crippen LogP contribution in [-0.2, 0) is 10.0 Å². The zero-order valence-electron chi connectivity index (χ0n) is 15.0. The zero-order chi connectivity index (χ0) is 18.3. The summed E-state index contributed by atoms with van der Waals surface area (Å²) in [4.78, 5) is 12.1. The van der Waals surface area contributed by atoms with Gasteiger partial charge < -0.3 is 10.1 Å². The van der Waals surface area contributed by atoms with E-state index >= 15 is 0 Å². The van der Waals surface area contributed by atoms with E-state index in [0.29, 0.717) is 31.2 Å². The molecule has 6 nitrogen and oxygen atoms in total. The third-order valence-electron chi connectivity index (χ3n) is 4.50. The highest BCUT2D eigenvalue weighted by atomic mass is 32.2. The van der Waals surface area contributed by atoms with Gasteiger partial charge in [-0.2, -0.15) is 0 Å². The van der Waals surface area contributed by atoms with Gasteiger partial charge in [0.25, 0.3) is 5.91 Å². The highest BCUT2D eigenvalue weighted by Crippen LogP contribution is 2.24. The average Bonchev–Trinajstić information content (AvgIpc) is 3.11. The molecule has 140 valence electrons. The van der Waals surface area contributed by atoms with Gasteiger partial charge in [0.15, 0.2) is 0 Å². The van der Waals surface area contributed by atoms with Crippen LogP contribution in [0.4, 0.5) is 0 Å². The monoisotopic (exact) mass is 368 g/mol. The molecule has 0 atom stereocenters. The summed E-state index contributed by atoms with van der Waals surface area (Å²) in [7, 11) is -1.60. The molecule has 1 N–H and O–H groups in total. The van der Waals surface area contributed by atoms with E-state index in [9.17, 15) is 13.2 Å². The minimum Gasteiger partial charge on any atom is -0.490 e. The van der Waals surface area contributed by atoms with Crippen molar-refractivity contribution in [3.63, 3.8) is 0 Å². The van der Waals surface area contributed by atoms with Crippen LogP contribution in [0.2, 0.25) is 0 Å². The van der Waals surface area contributed by atoms with E-state index in [4.69, 9.17) is 4.74 Å². The molecule has 1 fully saturated rings. The van der Waals surface area contributed by atoms with E-state index in [2.05, 4.69) is 5.32 Å². The number of carbonyl (C=O) groups excluding carboxylic acids is 1. The molecule has 1 amide bonds. The zero-order valence-corrected chi connectivity index (χ0v) is 15.8. The molecule has 0 aromatic heterocycles. The van der Waals surface area contributed by atoms with Crippen molar-refractivity contribution in [3.8, 4) is 5.75 Å². The molecule has 0 radical (unpaired) electrons. The number of rotatable bonds is 9. The Labute approximate surface area is 150 Å². The minimum absolute atomic E-state index is 0.0884. The van der Waals surface area contributed by atoms with Crippen LogP contribution in [0.3, 0.4) is 0 Å². The van der Waals surface area contributed by atoms with Gasteiger partial charge in [0.05, 0.1) is 11.9 Å². The number of benzene rings is 1. The number of hydrogen-bond donors (Lipinski definition) is 1. The molecule has 0 unspecified atom stereocenters. The highest BCUT2D eigenvalue weighted by molar-refractivity contribution is 7.89. The second kappa shape index (κ2) is 9.20. The SMILES string of the molecule is CCS(=O)(=O)N(C)CCCNC(=O)c1ccc(OC2CCCC2)cc1. The molecule has 1 aromatic rings. The smallest absolute Gasteiger partial charge is 0.251 e. The quantitative estimate of drug-likeness (QED) is 0.679. The van der Waals surface area contributed by atoms with Crippen LogP contribution in [0.15, 0.2) is 24.3 Å². The summed E-state index contributed by atoms with van der Waals surface area (Å²) < 4.78 is 30.5. The first-order chi connectivity index (χ1) is 11.9. The van der Waals surface area contributed by atoms with E-state index in [1.165, 1.54) is 17.1 Å². The molecular formula is C18H28N2O4S. The van der Waals surface area contributed by atoms with Crippen molar-refractivity contribution in [1.29, 1.82) is 0 Å². The van der Waals surface area contributed by atoms with Crippen LogP contribution in [0.1, 0.15) is 49.4 Å². The summed E-state index contributed by atoms with van der Waals surface area (Å²) in [6.45, 7) is 2.45. The number of hydrogen-bond acceptors (Lipinski definition) is 4. The first-order valence-corrected chi connectivity index (χ1v) is 10.5. The van der Waals surface area contributed by atoms with Crippen LogP contribution in [0, 0.1) is 0 Å². The second-order valence-corrected chi connectivity index (χ2v) is 8.74. The third kappa shape index (κ3) is 6.01. The molecule has 0 saturated heterocycles. The lowest BCUT2D eigenvalue weighted by molar-refractivity contribution is 0.0953. The largest absolute Gasteiger partial charge is 0.490 e. The van der Waals surface area contributed by atoms with E-state index < -0.39 is 10.0 Å². The summed E-state index contributed by atoms with van der Waals surface area (Å²) in [5.74, 6) is 0.730. The van der Waals surface area contributed by atoms with Crippen molar-refractivity contribution in [3.05, 3.63) is 29.8 Å². The van der Waals surface area contributed by atoms with Crippen molar-refractivity contribution in [2.75, 3.05) is 25.9 Å². The van der Waals surface area contributed by atoms with E-state index in [-0.39, 0.29) is 11.7 Å². The van der Waals surface area contributed by atoms with Gasteiger partial charge in [0.2, 0.25) is 10.0 Å². The van der Waals surface area contributed by atoms with Crippen LogP contribution in [-0.4, -0.2) is 50.6 Å². The predicted molar refractivity (Wildman–Crippen MR) is 98.4 cm³/mol. The molecule has 1 saturated carbocycles. The Kier molecular flexibility index (Phi) is 7.25. The normalized spacial score (nSPS) is 15.5. The van der Waals surface area contributed by atoms with E-state index in [1.54, 1.807) is 26.1 Å². The summed E-state index contributed by atoms with van der Waals surface area (Å²) in [6, 6.07) is 7.17. The molecule has 2 rings (SSSR count). The van der Waals surface area contributed by atoms with Crippen molar-refractivity contribution in [1.82, 2.24) is 9.62 Å². The van der Waals surface area contributed by atoms with Gasteiger partial charge in [0.1, 0.15) is 5.75 Å². The van der Waals surface area contributed by atoms with Gasteiger partial charge in [-0.3, -0.25) is 4.79 Å². The van der Waals surface area contributed by atoms with Crippen LogP contribution in [0.5, 0.6) is 5.75 Å². The maximum absolute atomic E-state index is 12.1. The molecule has 7 heteroatoms. The fourth-order valence-electron chi connectivity index (χ4n) is 2.85. The van der Waals surface area contributed by atoms with Gasteiger partial charge in [0, 0.05) is 25.7 Å². The number of nitrogens with one attached hydrogen (secondary N) is 1. The second-order valence-electron chi connectivity index (χ2n) is 6.38. The number of sulfonamides is 1. The van der Waals surface area contributed by atoms with E-state index in [0.717, 1.165) is 18.6 Å². The van der Waals surface area contributed by atoms with Crippen molar-refractivity contribution < 1.29 is 17.9 Å². The summed E-state index contributed by atoms with van der Waals surface area (Å²) >= 11 is 0. The molecule has 0 aliphatic heterocycles. The molecular weight excluding hydrogens is 340 g/mol. The number of nitrogens with zero attached hydrogens (tertiary/aromatic N) is 1. The van der Waals surface area contributed by atoms with Gasteiger partial charge in [-0.05, 0) is 63.3 Å². The molecule has 1 aliphatic carbocycles. The Bertz CT molecular complexity index is 652. The number of amides is 1. The molecule has 0 spiro atoms. The number of ether oxygens (including phenoxy) is 1. The molecule has 1 aliphatic rings. The topological polar surface area (TPSA) is 75.7 Å². The Morgan fingerprint density at radius 2 is 1.88 bits per heavy atom. The first kappa shape index (κ1) is 19.7. The molecule has 0 heterocycles. The van der Waals surface area contributed by atoms with Crippen LogP contribution in [0.25, 0.3) is 0 Å². The number of carbonyl (C=O) groups is 1. The van der Waals surface area contributed by atoms with Crippen molar-refractivity contribution in [2.45, 2.75) is 45.1 Å². The van der Waals surface area contributed by atoms with E-state index in [1.807, 2.05) is 12.1 Å². The average molecular weight is 368 g/mol. The molecule has 0 bridgehead atoms. The standard InChI is InChI=1S/C18H28N2O4S/c1-3-25(22,23)20(2)14-6-13-19-18(21)15-9-11-17(12-10-15)24-16-7-4-5-8-16/h9-12,16H,3-8,13-14H2,1-2H3,(H,19,21). The highest BCUT2D eigenvalue weighted by Gasteiger charge is 2.17. The van der Waals surface area contributed by atoms with Crippen LogP contribution < -0.4 is 10.1 Å². The fourth-order valence-corrected chi connectivity index (χ4v) is 3.70. The Morgan fingerprint density at radius 1 is 1.24 bits per heavy atom. The Hall–Kier alpha value is -1.60. The Morgan fingerprint density at radius 3 is 2.48 bits per heavy atom. The lowest BCUT2D eigenvalue weighted by Gasteiger charge is -2.16. The predicted octanol–water partition coefficient (Wildman–Crippen LogP) is 2.41. The molecule has 25 heavy (non-hydrogen) atoms. The molecule has 1 aromatic carbocycles. The van der Waals surface area contributed by atoms with Gasteiger partial charge in [-0.1, -0.05) is 0 Å².